The van der Waals surface area contributed by atoms with Crippen LogP contribution in [-0.2, 0) is 4.79 Å². The van der Waals surface area contributed by atoms with Crippen LogP contribution in [0.25, 0.3) is 0 Å². The summed E-state index contributed by atoms with van der Waals surface area (Å²) in [6, 6.07) is 7.16. The summed E-state index contributed by atoms with van der Waals surface area (Å²) in [6.07, 6.45) is 1.98. The first-order valence-electron chi connectivity index (χ1n) is 4.67. The van der Waals surface area contributed by atoms with E-state index in [0.29, 0.717) is 5.02 Å². The van der Waals surface area contributed by atoms with E-state index in [2.05, 4.69) is 5.32 Å². The van der Waals surface area contributed by atoms with E-state index in [-0.39, 0.29) is 11.3 Å². The van der Waals surface area contributed by atoms with E-state index in [4.69, 9.17) is 11.6 Å². The van der Waals surface area contributed by atoms with Crippen molar-refractivity contribution in [3.05, 3.63) is 29.3 Å². The molecule has 0 aromatic heterocycles. The molecule has 0 heterocycles. The quantitative estimate of drug-likeness (QED) is 0.797. The van der Waals surface area contributed by atoms with Crippen molar-refractivity contribution in [1.29, 1.82) is 0 Å². The molecule has 0 atom stereocenters. The largest absolute Gasteiger partial charge is 0.326 e. The molecule has 2 nitrogen and oxygen atoms in total. The molecule has 1 aliphatic carbocycles. The average molecular weight is 210 g/mol. The molecular weight excluding hydrogens is 198 g/mol. The SMILES string of the molecule is CC1(C(=O)Nc2ccc(Cl)cc2)CC1. The van der Waals surface area contributed by atoms with E-state index in [1.165, 1.54) is 0 Å². The van der Waals surface area contributed by atoms with Crippen LogP contribution >= 0.6 is 11.6 Å². The number of carbonyl (C=O) groups is 1. The third-order valence-electron chi connectivity index (χ3n) is 2.65. The van der Waals surface area contributed by atoms with Gasteiger partial charge in [0.25, 0.3) is 0 Å². The molecule has 14 heavy (non-hydrogen) atoms. The van der Waals surface area contributed by atoms with Crippen molar-refractivity contribution < 1.29 is 4.79 Å². The molecule has 1 aromatic carbocycles. The maximum absolute atomic E-state index is 11.6. The lowest BCUT2D eigenvalue weighted by atomic mass is 10.1. The topological polar surface area (TPSA) is 29.1 Å². The molecule has 0 bridgehead atoms. The Morgan fingerprint density at radius 2 is 1.93 bits per heavy atom. The van der Waals surface area contributed by atoms with Gasteiger partial charge in [0.2, 0.25) is 5.91 Å². The van der Waals surface area contributed by atoms with E-state index in [9.17, 15) is 4.79 Å². The van der Waals surface area contributed by atoms with Gasteiger partial charge in [-0.1, -0.05) is 18.5 Å². The van der Waals surface area contributed by atoms with Crippen molar-refractivity contribution in [2.24, 2.45) is 5.41 Å². The highest BCUT2D eigenvalue weighted by Crippen LogP contribution is 2.45. The maximum atomic E-state index is 11.6. The Balaban J connectivity index is 2.04. The maximum Gasteiger partial charge on any atom is 0.230 e. The van der Waals surface area contributed by atoms with Crippen LogP contribution in [0.15, 0.2) is 24.3 Å². The predicted molar refractivity (Wildman–Crippen MR) is 57.4 cm³/mol. The fourth-order valence-electron chi connectivity index (χ4n) is 1.23. The number of carbonyl (C=O) groups excluding carboxylic acids is 1. The smallest absolute Gasteiger partial charge is 0.230 e. The van der Waals surface area contributed by atoms with E-state index in [0.717, 1.165) is 18.5 Å². The first-order chi connectivity index (χ1) is 6.60. The highest BCUT2D eigenvalue weighted by Gasteiger charge is 2.44. The van der Waals surface area contributed by atoms with Gasteiger partial charge in [0.15, 0.2) is 0 Å². The number of rotatable bonds is 2. The monoisotopic (exact) mass is 209 g/mol. The minimum Gasteiger partial charge on any atom is -0.326 e. The Bertz CT molecular complexity index is 354. The standard InChI is InChI=1S/C11H12ClNO/c1-11(6-7-11)10(14)13-9-4-2-8(12)3-5-9/h2-5H,6-7H2,1H3,(H,13,14). The van der Waals surface area contributed by atoms with Gasteiger partial charge in [-0.25, -0.2) is 0 Å². The van der Waals surface area contributed by atoms with Crippen molar-refractivity contribution in [3.63, 3.8) is 0 Å². The lowest BCUT2D eigenvalue weighted by molar-refractivity contribution is -0.120. The molecule has 2 rings (SSSR count). The number of hydrogen-bond donors (Lipinski definition) is 1. The van der Waals surface area contributed by atoms with Crippen LogP contribution in [0.5, 0.6) is 0 Å². The molecule has 0 unspecified atom stereocenters. The van der Waals surface area contributed by atoms with Gasteiger partial charge in [-0.2, -0.15) is 0 Å². The van der Waals surface area contributed by atoms with Crippen molar-refractivity contribution in [2.45, 2.75) is 19.8 Å². The zero-order chi connectivity index (χ0) is 10.2. The van der Waals surface area contributed by atoms with E-state index < -0.39 is 0 Å². The first-order valence-corrected chi connectivity index (χ1v) is 5.05. The van der Waals surface area contributed by atoms with Gasteiger partial charge in [0.05, 0.1) is 0 Å². The molecule has 0 spiro atoms. The number of hydrogen-bond acceptors (Lipinski definition) is 1. The fourth-order valence-corrected chi connectivity index (χ4v) is 1.36. The zero-order valence-electron chi connectivity index (χ0n) is 8.01. The van der Waals surface area contributed by atoms with Gasteiger partial charge >= 0.3 is 0 Å². The summed E-state index contributed by atoms with van der Waals surface area (Å²) in [5, 5.41) is 3.56. The highest BCUT2D eigenvalue weighted by molar-refractivity contribution is 6.30. The van der Waals surface area contributed by atoms with Gasteiger partial charge in [0.1, 0.15) is 0 Å². The molecular formula is C11H12ClNO. The van der Waals surface area contributed by atoms with Gasteiger partial charge in [0, 0.05) is 16.1 Å². The Hall–Kier alpha value is -1.02. The summed E-state index contributed by atoms with van der Waals surface area (Å²) in [5.74, 6) is 0.111. The summed E-state index contributed by atoms with van der Waals surface area (Å²) in [5.41, 5.74) is 0.687. The Morgan fingerprint density at radius 3 is 2.43 bits per heavy atom. The van der Waals surface area contributed by atoms with Crippen LogP contribution < -0.4 is 5.32 Å². The number of benzene rings is 1. The molecule has 1 aliphatic rings. The van der Waals surface area contributed by atoms with Crippen LogP contribution in [0.3, 0.4) is 0 Å². The van der Waals surface area contributed by atoms with Crippen molar-refractivity contribution in [1.82, 2.24) is 0 Å². The number of halogens is 1. The molecule has 0 saturated heterocycles. The molecule has 1 amide bonds. The van der Waals surface area contributed by atoms with Crippen LogP contribution in [-0.4, -0.2) is 5.91 Å². The average Bonchev–Trinajstić information content (AvgIpc) is 2.89. The Kier molecular flexibility index (Phi) is 2.23. The lowest BCUT2D eigenvalue weighted by Gasteiger charge is -2.09. The van der Waals surface area contributed by atoms with Gasteiger partial charge < -0.3 is 5.32 Å². The van der Waals surface area contributed by atoms with Crippen LogP contribution in [0, 0.1) is 5.41 Å². The van der Waals surface area contributed by atoms with E-state index >= 15 is 0 Å². The summed E-state index contributed by atoms with van der Waals surface area (Å²) >= 11 is 5.74. The molecule has 0 aliphatic heterocycles. The van der Waals surface area contributed by atoms with E-state index in [1.54, 1.807) is 12.1 Å². The summed E-state index contributed by atoms with van der Waals surface area (Å²) in [4.78, 5) is 11.6. The molecule has 3 heteroatoms. The third-order valence-corrected chi connectivity index (χ3v) is 2.90. The Labute approximate surface area is 88.3 Å². The number of anilines is 1. The fraction of sp³-hybridized carbons (Fsp3) is 0.364. The zero-order valence-corrected chi connectivity index (χ0v) is 8.77. The van der Waals surface area contributed by atoms with Crippen LogP contribution in [0.1, 0.15) is 19.8 Å². The molecule has 0 radical (unpaired) electrons. The second-order valence-electron chi connectivity index (χ2n) is 4.02. The molecule has 1 aromatic rings. The summed E-state index contributed by atoms with van der Waals surface area (Å²) in [7, 11) is 0. The minimum atomic E-state index is -0.125. The second-order valence-corrected chi connectivity index (χ2v) is 4.46. The number of amides is 1. The Morgan fingerprint density at radius 1 is 1.36 bits per heavy atom. The van der Waals surface area contributed by atoms with Gasteiger partial charge in [-0.3, -0.25) is 4.79 Å². The number of nitrogens with one attached hydrogen (secondary N) is 1. The van der Waals surface area contributed by atoms with Crippen molar-refractivity contribution >= 4 is 23.2 Å². The molecule has 1 N–H and O–H groups in total. The second kappa shape index (κ2) is 3.28. The van der Waals surface area contributed by atoms with Crippen LogP contribution in [0.4, 0.5) is 5.69 Å². The highest BCUT2D eigenvalue weighted by atomic mass is 35.5. The summed E-state index contributed by atoms with van der Waals surface area (Å²) < 4.78 is 0. The van der Waals surface area contributed by atoms with E-state index in [1.807, 2.05) is 19.1 Å². The van der Waals surface area contributed by atoms with Crippen LogP contribution in [0.2, 0.25) is 5.02 Å². The molecule has 1 saturated carbocycles. The molecule has 74 valence electrons. The molecule has 1 fully saturated rings. The van der Waals surface area contributed by atoms with Crippen molar-refractivity contribution in [2.75, 3.05) is 5.32 Å². The van der Waals surface area contributed by atoms with Crippen molar-refractivity contribution in [3.8, 4) is 0 Å². The third kappa shape index (κ3) is 1.90. The first kappa shape index (κ1) is 9.53. The normalized spacial score (nSPS) is 17.6. The van der Waals surface area contributed by atoms with Gasteiger partial charge in [-0.15, -0.1) is 0 Å². The lowest BCUT2D eigenvalue weighted by Crippen LogP contribution is -2.21. The van der Waals surface area contributed by atoms with Gasteiger partial charge in [-0.05, 0) is 37.1 Å². The predicted octanol–water partition coefficient (Wildman–Crippen LogP) is 3.08. The minimum absolute atomic E-state index is 0.111. The summed E-state index contributed by atoms with van der Waals surface area (Å²) in [6.45, 7) is 1.98.